The third-order valence-electron chi connectivity index (χ3n) is 5.83. The van der Waals surface area contributed by atoms with Gasteiger partial charge in [-0.25, -0.2) is 17.1 Å². The SMILES string of the molecule is Cc1c(-c2cnn(C3CCCCO3)c2)c2ccc(Cl)c(Cl)c2n1S(=O)(=O)c1ccccc1. The first-order chi connectivity index (χ1) is 15.4. The van der Waals surface area contributed by atoms with Gasteiger partial charge in [-0.3, -0.25) is 0 Å². The van der Waals surface area contributed by atoms with E-state index >= 15 is 0 Å². The van der Waals surface area contributed by atoms with Crippen LogP contribution in [-0.2, 0) is 14.8 Å². The Kier molecular flexibility index (Phi) is 5.53. The minimum Gasteiger partial charge on any atom is -0.357 e. The van der Waals surface area contributed by atoms with Crippen molar-refractivity contribution in [3.05, 3.63) is 70.6 Å². The van der Waals surface area contributed by atoms with E-state index in [1.165, 1.54) is 3.97 Å². The van der Waals surface area contributed by atoms with Gasteiger partial charge in [0.1, 0.15) is 6.23 Å². The number of benzene rings is 2. The fourth-order valence-electron chi connectivity index (χ4n) is 4.32. The first kappa shape index (κ1) is 21.5. The molecule has 0 radical (unpaired) electrons. The van der Waals surface area contributed by atoms with Crippen LogP contribution in [-0.4, -0.2) is 28.8 Å². The van der Waals surface area contributed by atoms with Gasteiger partial charge in [-0.05, 0) is 44.4 Å². The van der Waals surface area contributed by atoms with Crippen molar-refractivity contribution in [3.8, 4) is 11.1 Å². The largest absolute Gasteiger partial charge is 0.357 e. The molecule has 1 aliphatic heterocycles. The summed E-state index contributed by atoms with van der Waals surface area (Å²) in [7, 11) is -3.91. The normalized spacial score (nSPS) is 17.2. The van der Waals surface area contributed by atoms with Crippen LogP contribution in [0.2, 0.25) is 10.0 Å². The molecule has 4 aromatic rings. The maximum Gasteiger partial charge on any atom is 0.268 e. The van der Waals surface area contributed by atoms with Crippen LogP contribution < -0.4 is 0 Å². The Morgan fingerprint density at radius 2 is 1.88 bits per heavy atom. The van der Waals surface area contributed by atoms with E-state index in [1.54, 1.807) is 60.3 Å². The third-order valence-corrected chi connectivity index (χ3v) is 8.43. The van der Waals surface area contributed by atoms with Crippen LogP contribution >= 0.6 is 23.2 Å². The van der Waals surface area contributed by atoms with Gasteiger partial charge in [-0.1, -0.05) is 47.5 Å². The number of ether oxygens (including phenoxy) is 1. The topological polar surface area (TPSA) is 66.1 Å². The van der Waals surface area contributed by atoms with Gasteiger partial charge in [0.15, 0.2) is 0 Å². The van der Waals surface area contributed by atoms with E-state index < -0.39 is 10.0 Å². The number of nitrogens with zero attached hydrogens (tertiary/aromatic N) is 3. The average Bonchev–Trinajstić information content (AvgIpc) is 3.40. The number of fused-ring (bicyclic) bond motifs is 1. The van der Waals surface area contributed by atoms with Gasteiger partial charge in [0, 0.05) is 35.0 Å². The van der Waals surface area contributed by atoms with Crippen LogP contribution in [0.1, 0.15) is 31.2 Å². The summed E-state index contributed by atoms with van der Waals surface area (Å²) in [4.78, 5) is 0.175. The molecule has 1 aliphatic rings. The predicted octanol–water partition coefficient (Wildman–Crippen LogP) is 6.06. The Morgan fingerprint density at radius 3 is 2.59 bits per heavy atom. The number of hydrogen-bond acceptors (Lipinski definition) is 4. The number of hydrogen-bond donors (Lipinski definition) is 0. The van der Waals surface area contributed by atoms with Crippen LogP contribution in [0.25, 0.3) is 22.0 Å². The molecule has 1 saturated heterocycles. The standard InChI is InChI=1S/C23H21Cl2N3O3S/c1-15-21(16-13-26-27(14-16)20-9-5-6-12-31-20)18-10-11-19(24)22(25)23(18)28(15)32(29,30)17-7-3-2-4-8-17/h2-4,7-8,10-11,13-14,20H,5-6,9,12H2,1H3. The Morgan fingerprint density at radius 1 is 1.09 bits per heavy atom. The minimum atomic E-state index is -3.91. The number of rotatable bonds is 4. The fourth-order valence-corrected chi connectivity index (χ4v) is 6.37. The van der Waals surface area contributed by atoms with Gasteiger partial charge in [0.2, 0.25) is 0 Å². The Bertz CT molecular complexity index is 1410. The summed E-state index contributed by atoms with van der Waals surface area (Å²) < 4.78 is 36.2. The summed E-state index contributed by atoms with van der Waals surface area (Å²) in [5, 5.41) is 5.69. The van der Waals surface area contributed by atoms with Gasteiger partial charge >= 0.3 is 0 Å². The molecule has 2 aromatic heterocycles. The highest BCUT2D eigenvalue weighted by Crippen LogP contribution is 2.42. The van der Waals surface area contributed by atoms with Crippen molar-refractivity contribution in [3.63, 3.8) is 0 Å². The van der Waals surface area contributed by atoms with E-state index in [2.05, 4.69) is 5.10 Å². The summed E-state index contributed by atoms with van der Waals surface area (Å²) >= 11 is 12.9. The molecule has 6 nitrogen and oxygen atoms in total. The minimum absolute atomic E-state index is 0.114. The number of aromatic nitrogens is 3. The molecule has 5 rings (SSSR count). The molecule has 32 heavy (non-hydrogen) atoms. The second-order valence-electron chi connectivity index (χ2n) is 7.83. The maximum absolute atomic E-state index is 13.6. The summed E-state index contributed by atoms with van der Waals surface area (Å²) in [5.74, 6) is 0. The fraction of sp³-hybridized carbons (Fsp3) is 0.261. The van der Waals surface area contributed by atoms with Crippen molar-refractivity contribution >= 4 is 44.1 Å². The van der Waals surface area contributed by atoms with E-state index in [-0.39, 0.29) is 16.1 Å². The maximum atomic E-state index is 13.6. The molecular formula is C23H21Cl2N3O3S. The van der Waals surface area contributed by atoms with Crippen molar-refractivity contribution in [2.45, 2.75) is 37.3 Å². The molecule has 0 amide bonds. The molecule has 9 heteroatoms. The molecule has 166 valence electrons. The second-order valence-corrected chi connectivity index (χ2v) is 10.4. The lowest BCUT2D eigenvalue weighted by molar-refractivity contribution is -0.0394. The van der Waals surface area contributed by atoms with Gasteiger partial charge in [0.25, 0.3) is 10.0 Å². The second kappa shape index (κ2) is 8.23. The van der Waals surface area contributed by atoms with Crippen LogP contribution in [0, 0.1) is 6.92 Å². The highest BCUT2D eigenvalue weighted by Gasteiger charge is 2.28. The summed E-state index contributed by atoms with van der Waals surface area (Å²) in [6.07, 6.45) is 6.56. The lowest BCUT2D eigenvalue weighted by Crippen LogP contribution is -2.18. The van der Waals surface area contributed by atoms with E-state index in [0.717, 1.165) is 30.4 Å². The van der Waals surface area contributed by atoms with E-state index in [1.807, 2.05) is 6.20 Å². The molecule has 1 fully saturated rings. The van der Waals surface area contributed by atoms with Crippen molar-refractivity contribution in [2.24, 2.45) is 0 Å². The third kappa shape index (κ3) is 3.44. The lowest BCUT2D eigenvalue weighted by atomic mass is 10.1. The molecule has 3 heterocycles. The molecular weight excluding hydrogens is 469 g/mol. The van der Waals surface area contributed by atoms with Crippen molar-refractivity contribution < 1.29 is 13.2 Å². The van der Waals surface area contributed by atoms with Gasteiger partial charge < -0.3 is 4.74 Å². The molecule has 0 aliphatic carbocycles. The quantitative estimate of drug-likeness (QED) is 0.349. The molecule has 1 unspecified atom stereocenters. The predicted molar refractivity (Wildman–Crippen MR) is 126 cm³/mol. The zero-order valence-electron chi connectivity index (χ0n) is 17.3. The van der Waals surface area contributed by atoms with Crippen molar-refractivity contribution in [1.82, 2.24) is 13.8 Å². The van der Waals surface area contributed by atoms with Crippen molar-refractivity contribution in [2.75, 3.05) is 6.61 Å². The average molecular weight is 490 g/mol. The van der Waals surface area contributed by atoms with Gasteiger partial charge in [0.05, 0.1) is 26.7 Å². The summed E-state index contributed by atoms with van der Waals surface area (Å²) in [6, 6.07) is 11.8. The first-order valence-corrected chi connectivity index (χ1v) is 12.5. The summed E-state index contributed by atoms with van der Waals surface area (Å²) in [6.45, 7) is 2.48. The van der Waals surface area contributed by atoms with Crippen LogP contribution in [0.3, 0.4) is 0 Å². The van der Waals surface area contributed by atoms with Crippen LogP contribution in [0.5, 0.6) is 0 Å². The van der Waals surface area contributed by atoms with Crippen LogP contribution in [0.4, 0.5) is 0 Å². The highest BCUT2D eigenvalue weighted by molar-refractivity contribution is 7.90. The van der Waals surface area contributed by atoms with E-state index in [9.17, 15) is 8.42 Å². The molecule has 2 aromatic carbocycles. The zero-order chi connectivity index (χ0) is 22.5. The zero-order valence-corrected chi connectivity index (χ0v) is 19.7. The smallest absolute Gasteiger partial charge is 0.268 e. The Balaban J connectivity index is 1.75. The molecule has 0 N–H and O–H groups in total. The first-order valence-electron chi connectivity index (χ1n) is 10.4. The van der Waals surface area contributed by atoms with E-state index in [0.29, 0.717) is 28.2 Å². The molecule has 1 atom stereocenters. The van der Waals surface area contributed by atoms with Gasteiger partial charge in [-0.2, -0.15) is 5.10 Å². The Hall–Kier alpha value is -2.32. The highest BCUT2D eigenvalue weighted by atomic mass is 35.5. The van der Waals surface area contributed by atoms with E-state index in [4.69, 9.17) is 27.9 Å². The lowest BCUT2D eigenvalue weighted by Gasteiger charge is -2.22. The molecule has 0 bridgehead atoms. The van der Waals surface area contributed by atoms with Crippen LogP contribution in [0.15, 0.2) is 59.8 Å². The molecule has 0 saturated carbocycles. The summed E-state index contributed by atoms with van der Waals surface area (Å²) in [5.41, 5.74) is 2.44. The molecule has 0 spiro atoms. The monoisotopic (exact) mass is 489 g/mol. The van der Waals surface area contributed by atoms with Gasteiger partial charge in [-0.15, -0.1) is 0 Å². The number of halogens is 2. The Labute approximate surface area is 196 Å². The van der Waals surface area contributed by atoms with Crippen molar-refractivity contribution in [1.29, 1.82) is 0 Å².